The van der Waals surface area contributed by atoms with E-state index in [9.17, 15) is 13.6 Å². The van der Waals surface area contributed by atoms with Crippen LogP contribution in [0.15, 0.2) is 30.6 Å². The maximum atomic E-state index is 13.2. The lowest BCUT2D eigenvalue weighted by atomic mass is 10.2. The summed E-state index contributed by atoms with van der Waals surface area (Å²) in [6, 6.07) is 3.28. The lowest BCUT2D eigenvalue weighted by molar-refractivity contribution is 0.0769. The van der Waals surface area contributed by atoms with Gasteiger partial charge in [0.2, 0.25) is 0 Å². The minimum absolute atomic E-state index is 0.104. The highest BCUT2D eigenvalue weighted by molar-refractivity contribution is 6.30. The number of ether oxygens (including phenoxy) is 1. The maximum Gasteiger partial charge on any atom is 0.316 e. The van der Waals surface area contributed by atoms with Gasteiger partial charge in [-0.25, -0.2) is 18.7 Å². The van der Waals surface area contributed by atoms with Gasteiger partial charge in [-0.3, -0.25) is 4.79 Å². The number of aromatic nitrogens is 2. The molecule has 0 spiro atoms. The zero-order valence-electron chi connectivity index (χ0n) is 11.9. The van der Waals surface area contributed by atoms with Crippen molar-refractivity contribution in [3.8, 4) is 6.01 Å². The quantitative estimate of drug-likeness (QED) is 0.862. The molecule has 1 aliphatic rings. The van der Waals surface area contributed by atoms with Crippen LogP contribution in [0.4, 0.5) is 8.78 Å². The van der Waals surface area contributed by atoms with Gasteiger partial charge in [-0.05, 0) is 18.2 Å². The largest absolute Gasteiger partial charge is 0.458 e. The summed E-state index contributed by atoms with van der Waals surface area (Å²) in [6.45, 7) is 0.778. The molecule has 3 rings (SSSR count). The second-order valence-electron chi connectivity index (χ2n) is 5.09. The molecule has 2 aromatic rings. The highest BCUT2D eigenvalue weighted by Gasteiger charge is 2.29. The highest BCUT2D eigenvalue weighted by atomic mass is 35.5. The molecule has 0 aliphatic carbocycles. The Balaban J connectivity index is 1.63. The van der Waals surface area contributed by atoms with Crippen molar-refractivity contribution in [1.29, 1.82) is 0 Å². The minimum atomic E-state index is -1.04. The van der Waals surface area contributed by atoms with E-state index in [1.54, 1.807) is 0 Å². The van der Waals surface area contributed by atoms with Crippen LogP contribution >= 0.6 is 11.6 Å². The summed E-state index contributed by atoms with van der Waals surface area (Å²) in [6.07, 6.45) is 3.18. The van der Waals surface area contributed by atoms with Gasteiger partial charge in [-0.1, -0.05) is 11.6 Å². The molecule has 8 heteroatoms. The molecule has 1 fully saturated rings. The maximum absolute atomic E-state index is 13.2. The molecule has 1 atom stereocenters. The van der Waals surface area contributed by atoms with Gasteiger partial charge in [0.05, 0.1) is 24.0 Å². The van der Waals surface area contributed by atoms with E-state index in [0.717, 1.165) is 12.1 Å². The topological polar surface area (TPSA) is 55.3 Å². The summed E-state index contributed by atoms with van der Waals surface area (Å²) < 4.78 is 31.7. The smallest absolute Gasteiger partial charge is 0.316 e. The molecule has 1 saturated heterocycles. The Morgan fingerprint density at radius 3 is 2.70 bits per heavy atom. The van der Waals surface area contributed by atoms with Crippen molar-refractivity contribution in [3.63, 3.8) is 0 Å². The molecule has 0 bridgehead atoms. The number of hydrogen-bond acceptors (Lipinski definition) is 4. The summed E-state index contributed by atoms with van der Waals surface area (Å²) in [5.41, 5.74) is 0.104. The standard InChI is InChI=1S/C15H12ClF2N3O2/c16-10-6-19-15(20-7-10)23-11-3-4-21(8-11)14(22)9-1-2-12(17)13(18)5-9/h1-2,5-7,11H,3-4,8H2. The number of rotatable bonds is 3. The third kappa shape index (κ3) is 3.56. The number of carbonyl (C=O) groups is 1. The van der Waals surface area contributed by atoms with Gasteiger partial charge in [0.15, 0.2) is 11.6 Å². The zero-order valence-corrected chi connectivity index (χ0v) is 12.6. The van der Waals surface area contributed by atoms with Crippen molar-refractivity contribution in [2.75, 3.05) is 13.1 Å². The number of hydrogen-bond donors (Lipinski definition) is 0. The number of nitrogens with zero attached hydrogens (tertiary/aromatic N) is 3. The number of likely N-dealkylation sites (tertiary alicyclic amines) is 1. The van der Waals surface area contributed by atoms with Crippen LogP contribution in [0, 0.1) is 11.6 Å². The molecular weight excluding hydrogens is 328 g/mol. The normalized spacial score (nSPS) is 17.3. The van der Waals surface area contributed by atoms with Crippen molar-refractivity contribution >= 4 is 17.5 Å². The Bertz CT molecular complexity index is 727. The van der Waals surface area contributed by atoms with E-state index in [4.69, 9.17) is 16.3 Å². The van der Waals surface area contributed by atoms with E-state index < -0.39 is 11.6 Å². The van der Waals surface area contributed by atoms with Crippen LogP contribution in [0.1, 0.15) is 16.8 Å². The van der Waals surface area contributed by atoms with E-state index >= 15 is 0 Å². The second-order valence-corrected chi connectivity index (χ2v) is 5.53. The van der Waals surface area contributed by atoms with Gasteiger partial charge in [-0.15, -0.1) is 0 Å². The van der Waals surface area contributed by atoms with Crippen LogP contribution in [-0.2, 0) is 0 Å². The first-order valence-electron chi connectivity index (χ1n) is 6.91. The predicted molar refractivity (Wildman–Crippen MR) is 78.3 cm³/mol. The van der Waals surface area contributed by atoms with E-state index in [0.29, 0.717) is 24.5 Å². The molecule has 1 aliphatic heterocycles. The van der Waals surface area contributed by atoms with Gasteiger partial charge in [0.1, 0.15) is 6.10 Å². The fourth-order valence-corrected chi connectivity index (χ4v) is 2.43. The number of benzene rings is 1. The molecule has 0 N–H and O–H groups in total. The lowest BCUT2D eigenvalue weighted by Gasteiger charge is -2.16. The highest BCUT2D eigenvalue weighted by Crippen LogP contribution is 2.19. The third-order valence-corrected chi connectivity index (χ3v) is 3.66. The molecule has 1 unspecified atom stereocenters. The van der Waals surface area contributed by atoms with Gasteiger partial charge in [0.25, 0.3) is 5.91 Å². The van der Waals surface area contributed by atoms with Crippen molar-refractivity contribution in [3.05, 3.63) is 52.8 Å². The molecule has 0 saturated carbocycles. The second kappa shape index (κ2) is 6.45. The molecule has 0 radical (unpaired) electrons. The molecule has 1 aromatic carbocycles. The van der Waals surface area contributed by atoms with Crippen LogP contribution in [0.3, 0.4) is 0 Å². The Morgan fingerprint density at radius 1 is 1.26 bits per heavy atom. The average Bonchev–Trinajstić information content (AvgIpc) is 3.00. The molecule has 1 amide bonds. The van der Waals surface area contributed by atoms with Gasteiger partial charge in [0, 0.05) is 18.5 Å². The first-order valence-corrected chi connectivity index (χ1v) is 7.29. The average molecular weight is 340 g/mol. The predicted octanol–water partition coefficient (Wildman–Crippen LogP) is 2.70. The summed E-state index contributed by atoms with van der Waals surface area (Å²) in [5, 5.41) is 0.402. The van der Waals surface area contributed by atoms with E-state index in [-0.39, 0.29) is 23.6 Å². The molecular formula is C15H12ClF2N3O2. The number of carbonyl (C=O) groups excluding carboxylic acids is 1. The fraction of sp³-hybridized carbons (Fsp3) is 0.267. The van der Waals surface area contributed by atoms with E-state index in [1.807, 2.05) is 0 Å². The van der Waals surface area contributed by atoms with Crippen LogP contribution in [0.25, 0.3) is 0 Å². The van der Waals surface area contributed by atoms with Gasteiger partial charge >= 0.3 is 6.01 Å². The monoisotopic (exact) mass is 339 g/mol. The van der Waals surface area contributed by atoms with Crippen LogP contribution < -0.4 is 4.74 Å². The van der Waals surface area contributed by atoms with E-state index in [1.165, 1.54) is 23.4 Å². The first kappa shape index (κ1) is 15.6. The fourth-order valence-electron chi connectivity index (χ4n) is 2.33. The van der Waals surface area contributed by atoms with Gasteiger partial charge in [-0.2, -0.15) is 0 Å². The third-order valence-electron chi connectivity index (χ3n) is 3.47. The minimum Gasteiger partial charge on any atom is -0.458 e. The Morgan fingerprint density at radius 2 is 2.00 bits per heavy atom. The van der Waals surface area contributed by atoms with Crippen LogP contribution in [-0.4, -0.2) is 40.0 Å². The van der Waals surface area contributed by atoms with Crippen molar-refractivity contribution < 1.29 is 18.3 Å². The summed E-state index contributed by atoms with van der Waals surface area (Å²) in [5.74, 6) is -2.39. The number of amides is 1. The SMILES string of the molecule is O=C(c1ccc(F)c(F)c1)N1CCC(Oc2ncc(Cl)cn2)C1. The zero-order chi connectivity index (χ0) is 16.4. The Labute approximate surface area is 135 Å². The molecule has 5 nitrogen and oxygen atoms in total. The van der Waals surface area contributed by atoms with Gasteiger partial charge < -0.3 is 9.64 Å². The van der Waals surface area contributed by atoms with E-state index in [2.05, 4.69) is 9.97 Å². The summed E-state index contributed by atoms with van der Waals surface area (Å²) >= 11 is 5.69. The van der Waals surface area contributed by atoms with Crippen LogP contribution in [0.2, 0.25) is 5.02 Å². The molecule has 23 heavy (non-hydrogen) atoms. The summed E-state index contributed by atoms with van der Waals surface area (Å²) in [7, 11) is 0. The molecule has 2 heterocycles. The number of halogens is 3. The molecule has 120 valence electrons. The Hall–Kier alpha value is -2.28. The molecule has 1 aromatic heterocycles. The van der Waals surface area contributed by atoms with Crippen LogP contribution in [0.5, 0.6) is 6.01 Å². The van der Waals surface area contributed by atoms with Crippen molar-refractivity contribution in [2.45, 2.75) is 12.5 Å². The summed E-state index contributed by atoms with van der Waals surface area (Å²) in [4.78, 5) is 21.7. The first-order chi connectivity index (χ1) is 11.0. The van der Waals surface area contributed by atoms with Crippen molar-refractivity contribution in [2.24, 2.45) is 0 Å². The lowest BCUT2D eigenvalue weighted by Crippen LogP contribution is -2.31. The Kier molecular flexibility index (Phi) is 4.38. The van der Waals surface area contributed by atoms with Crippen molar-refractivity contribution in [1.82, 2.24) is 14.9 Å².